The van der Waals surface area contributed by atoms with Gasteiger partial charge in [-0.15, -0.1) is 5.10 Å². The van der Waals surface area contributed by atoms with Crippen LogP contribution in [0.5, 0.6) is 0 Å². The summed E-state index contributed by atoms with van der Waals surface area (Å²) in [5.74, 6) is 0.249. The highest BCUT2D eigenvalue weighted by atomic mass is 15.3. The molecule has 0 aliphatic rings. The van der Waals surface area contributed by atoms with Crippen LogP contribution >= 0.6 is 0 Å². The summed E-state index contributed by atoms with van der Waals surface area (Å²) in [7, 11) is 0. The topological polar surface area (TPSA) is 74.6 Å². The zero-order valence-electron chi connectivity index (χ0n) is 9.17. The van der Waals surface area contributed by atoms with Crippen LogP contribution in [0.4, 0.5) is 0 Å². The van der Waals surface area contributed by atoms with Crippen LogP contribution in [0.2, 0.25) is 0 Å². The Morgan fingerprint density at radius 2 is 1.59 bits per heavy atom. The molecule has 0 heterocycles. The molecule has 4 heteroatoms. The first kappa shape index (κ1) is 11.0. The predicted molar refractivity (Wildman–Crippen MR) is 67.8 cm³/mol. The molecule has 2 rings (SSSR count). The Morgan fingerprint density at radius 3 is 2.29 bits per heavy atom. The van der Waals surface area contributed by atoms with Gasteiger partial charge in [-0.3, -0.25) is 0 Å². The van der Waals surface area contributed by atoms with Gasteiger partial charge in [0.25, 0.3) is 0 Å². The van der Waals surface area contributed by atoms with Crippen molar-refractivity contribution in [2.45, 2.75) is 0 Å². The maximum atomic E-state index is 6.71. The zero-order chi connectivity index (χ0) is 12.1. The average molecular weight is 224 g/mol. The van der Waals surface area contributed by atoms with E-state index in [1.165, 1.54) is 0 Å². The molecule has 0 unspecified atom stereocenters. The number of hydrogen-bond donors (Lipinski definition) is 2. The van der Waals surface area contributed by atoms with Gasteiger partial charge in [0.1, 0.15) is 0 Å². The third-order valence-electron chi connectivity index (χ3n) is 2.45. The molecule has 4 nitrogen and oxygen atoms in total. The molecule has 3 N–H and O–H groups in total. The van der Waals surface area contributed by atoms with E-state index in [1.807, 2.05) is 54.6 Å². The first-order chi connectivity index (χ1) is 8.33. The lowest BCUT2D eigenvalue weighted by Crippen LogP contribution is -2.13. The van der Waals surface area contributed by atoms with Crippen molar-refractivity contribution in [3.8, 4) is 11.1 Å². The summed E-state index contributed by atoms with van der Waals surface area (Å²) in [6, 6.07) is 17.6. The van der Waals surface area contributed by atoms with Crippen molar-refractivity contribution in [3.05, 3.63) is 60.2 Å². The van der Waals surface area contributed by atoms with Gasteiger partial charge in [0.15, 0.2) is 5.84 Å². The van der Waals surface area contributed by atoms with E-state index in [4.69, 9.17) is 11.3 Å². The Labute approximate surface area is 99.3 Å². The van der Waals surface area contributed by atoms with Gasteiger partial charge in [-0.05, 0) is 11.1 Å². The average Bonchev–Trinajstić information content (AvgIpc) is 2.40. The van der Waals surface area contributed by atoms with Crippen LogP contribution in [0.3, 0.4) is 0 Å². The zero-order valence-corrected chi connectivity index (χ0v) is 9.17. The Kier molecular flexibility index (Phi) is 3.25. The minimum atomic E-state index is 0.249. The molecule has 0 aliphatic heterocycles. The van der Waals surface area contributed by atoms with E-state index >= 15 is 0 Å². The van der Waals surface area contributed by atoms with E-state index in [0.717, 1.165) is 16.7 Å². The molecule has 2 aromatic rings. The molecule has 0 spiro atoms. The van der Waals surface area contributed by atoms with Gasteiger partial charge in [0, 0.05) is 5.56 Å². The molecule has 0 saturated heterocycles. The lowest BCUT2D eigenvalue weighted by atomic mass is 9.99. The van der Waals surface area contributed by atoms with E-state index < -0.39 is 0 Å². The highest BCUT2D eigenvalue weighted by molar-refractivity contribution is 6.03. The van der Waals surface area contributed by atoms with Crippen LogP contribution < -0.4 is 5.73 Å². The molecule has 2 aromatic carbocycles. The quantitative estimate of drug-likeness (QED) is 0.357. The second-order valence-electron chi connectivity index (χ2n) is 3.50. The van der Waals surface area contributed by atoms with Gasteiger partial charge in [-0.1, -0.05) is 59.8 Å². The van der Waals surface area contributed by atoms with Crippen LogP contribution in [-0.4, -0.2) is 5.84 Å². The van der Waals surface area contributed by atoms with Crippen molar-refractivity contribution in [3.63, 3.8) is 0 Å². The molecule has 0 saturated carbocycles. The van der Waals surface area contributed by atoms with Gasteiger partial charge < -0.3 is 5.73 Å². The van der Waals surface area contributed by atoms with E-state index in [9.17, 15) is 0 Å². The monoisotopic (exact) mass is 224 g/mol. The summed E-state index contributed by atoms with van der Waals surface area (Å²) < 4.78 is 0. The van der Waals surface area contributed by atoms with Crippen molar-refractivity contribution in [2.75, 3.05) is 0 Å². The molecule has 0 aliphatic carbocycles. The molecule has 0 bridgehead atoms. The number of nitrogens with one attached hydrogen (secondary N) is 1. The highest BCUT2D eigenvalue weighted by Crippen LogP contribution is 2.23. The molecule has 0 atom stereocenters. The predicted octanol–water partition coefficient (Wildman–Crippen LogP) is 3.00. The lowest BCUT2D eigenvalue weighted by molar-refractivity contribution is 0.986. The van der Waals surface area contributed by atoms with Crippen molar-refractivity contribution < 1.29 is 0 Å². The lowest BCUT2D eigenvalue weighted by Gasteiger charge is -2.07. The Bertz CT molecular complexity index is 546. The van der Waals surface area contributed by atoms with Gasteiger partial charge in [-0.2, -0.15) is 5.53 Å². The molecule has 84 valence electrons. The summed E-state index contributed by atoms with van der Waals surface area (Å²) in [6.45, 7) is 0. The smallest absolute Gasteiger partial charge is 0.155 e. The van der Waals surface area contributed by atoms with Crippen LogP contribution in [0.15, 0.2) is 64.9 Å². The minimum Gasteiger partial charge on any atom is -0.382 e. The molecular formula is C13H12N4. The summed E-state index contributed by atoms with van der Waals surface area (Å²) >= 11 is 0. The fourth-order valence-corrected chi connectivity index (χ4v) is 1.68. The summed E-state index contributed by atoms with van der Waals surface area (Å²) in [6.07, 6.45) is 0. The van der Waals surface area contributed by atoms with Crippen LogP contribution in [0, 0.1) is 5.53 Å². The van der Waals surface area contributed by atoms with Crippen molar-refractivity contribution in [1.82, 2.24) is 0 Å². The largest absolute Gasteiger partial charge is 0.382 e. The minimum absolute atomic E-state index is 0.249. The molecular weight excluding hydrogens is 212 g/mol. The number of nitrogens with zero attached hydrogens (tertiary/aromatic N) is 2. The van der Waals surface area contributed by atoms with Crippen molar-refractivity contribution >= 4 is 5.84 Å². The van der Waals surface area contributed by atoms with Gasteiger partial charge in [-0.25, -0.2) is 0 Å². The molecule has 0 fully saturated rings. The second-order valence-corrected chi connectivity index (χ2v) is 3.50. The Hall–Kier alpha value is -2.49. The highest BCUT2D eigenvalue weighted by Gasteiger charge is 2.07. The summed E-state index contributed by atoms with van der Waals surface area (Å²) in [4.78, 5) is 0. The number of rotatable bonds is 3. The third kappa shape index (κ3) is 2.36. The molecule has 0 amide bonds. The Morgan fingerprint density at radius 1 is 0.941 bits per heavy atom. The van der Waals surface area contributed by atoms with Crippen molar-refractivity contribution in [2.24, 2.45) is 16.1 Å². The Balaban J connectivity index is 2.56. The third-order valence-corrected chi connectivity index (χ3v) is 2.45. The normalized spacial score (nSPS) is 11.2. The summed E-state index contributed by atoms with van der Waals surface area (Å²) in [5, 5.41) is 6.53. The van der Waals surface area contributed by atoms with Crippen LogP contribution in [0.1, 0.15) is 5.56 Å². The van der Waals surface area contributed by atoms with Crippen molar-refractivity contribution in [1.29, 1.82) is 5.53 Å². The van der Waals surface area contributed by atoms with Gasteiger partial charge >= 0.3 is 0 Å². The molecule has 17 heavy (non-hydrogen) atoms. The first-order valence-corrected chi connectivity index (χ1v) is 5.17. The number of hydrogen-bond acceptors (Lipinski definition) is 2. The van der Waals surface area contributed by atoms with E-state index in [1.54, 1.807) is 0 Å². The van der Waals surface area contributed by atoms with E-state index in [0.29, 0.717) is 0 Å². The number of benzene rings is 2. The van der Waals surface area contributed by atoms with Crippen LogP contribution in [-0.2, 0) is 0 Å². The van der Waals surface area contributed by atoms with E-state index in [2.05, 4.69) is 10.3 Å². The maximum absolute atomic E-state index is 6.71. The maximum Gasteiger partial charge on any atom is 0.155 e. The SMILES string of the molecule is N=NN=C(N)c1ccccc1-c1ccccc1. The van der Waals surface area contributed by atoms with Gasteiger partial charge in [0.05, 0.1) is 0 Å². The fraction of sp³-hybridized carbons (Fsp3) is 0. The molecule has 0 aromatic heterocycles. The van der Waals surface area contributed by atoms with E-state index in [-0.39, 0.29) is 5.84 Å². The fourth-order valence-electron chi connectivity index (χ4n) is 1.68. The van der Waals surface area contributed by atoms with Crippen LogP contribution in [0.25, 0.3) is 11.1 Å². The summed E-state index contributed by atoms with van der Waals surface area (Å²) in [5.41, 5.74) is 15.3. The first-order valence-electron chi connectivity index (χ1n) is 5.17. The number of nitrogens with two attached hydrogens (primary N) is 1. The standard InChI is InChI=1S/C13H12N4/c14-13(16-17-15)12-9-5-4-8-11(12)10-6-2-1-3-7-10/h1-9H,(H3,14,15,16). The van der Waals surface area contributed by atoms with Gasteiger partial charge in [0.2, 0.25) is 0 Å². The molecule has 0 radical (unpaired) electrons. The number of amidine groups is 1. The second kappa shape index (κ2) is 5.03.